The number of hydrogen-bond acceptors (Lipinski definition) is 3. The summed E-state index contributed by atoms with van der Waals surface area (Å²) >= 11 is 0. The smallest absolute Gasteiger partial charge is 0.223 e. The fourth-order valence-electron chi connectivity index (χ4n) is 3.55. The number of amides is 1. The largest absolute Gasteiger partial charge is 0.354 e. The zero-order valence-electron chi connectivity index (χ0n) is 14.1. The number of hydrogen-bond donors (Lipinski definition) is 2. The molecule has 0 aromatic rings. The van der Waals surface area contributed by atoms with Crippen LogP contribution < -0.4 is 11.1 Å². The van der Waals surface area contributed by atoms with E-state index in [1.165, 1.54) is 12.8 Å². The van der Waals surface area contributed by atoms with Crippen LogP contribution in [0.3, 0.4) is 0 Å². The molecule has 22 heavy (non-hydrogen) atoms. The van der Waals surface area contributed by atoms with Crippen molar-refractivity contribution in [3.63, 3.8) is 0 Å². The lowest BCUT2D eigenvalue weighted by Gasteiger charge is -2.43. The Hall–Kier alpha value is -0.0300. The molecule has 1 aliphatic carbocycles. The van der Waals surface area contributed by atoms with E-state index in [-0.39, 0.29) is 48.2 Å². The van der Waals surface area contributed by atoms with Crippen LogP contribution in [0, 0.1) is 11.8 Å². The second-order valence-electron chi connectivity index (χ2n) is 7.49. The van der Waals surface area contributed by atoms with Gasteiger partial charge in [-0.3, -0.25) is 9.69 Å². The van der Waals surface area contributed by atoms with E-state index in [9.17, 15) is 4.79 Å². The molecule has 0 spiro atoms. The van der Waals surface area contributed by atoms with Crippen molar-refractivity contribution in [2.45, 2.75) is 64.5 Å². The van der Waals surface area contributed by atoms with E-state index >= 15 is 0 Å². The standard InChI is InChI=1S/C16H31N3O.2ClH/c1-12-5-4-8-19(10-12)16(2,3)11-18-15(20)13-6-7-14(17)9-13;;/h12-14H,4-11,17H2,1-3H3,(H,18,20);2*1H. The molecule has 1 saturated carbocycles. The Morgan fingerprint density at radius 1 is 1.27 bits per heavy atom. The molecule has 2 rings (SSSR count). The maximum absolute atomic E-state index is 12.2. The lowest BCUT2D eigenvalue weighted by molar-refractivity contribution is -0.125. The molecule has 1 aliphatic heterocycles. The lowest BCUT2D eigenvalue weighted by Crippen LogP contribution is -2.55. The van der Waals surface area contributed by atoms with E-state index < -0.39 is 0 Å². The van der Waals surface area contributed by atoms with Crippen molar-refractivity contribution in [3.8, 4) is 0 Å². The average molecular weight is 354 g/mol. The molecule has 6 heteroatoms. The van der Waals surface area contributed by atoms with Crippen molar-refractivity contribution in [3.05, 3.63) is 0 Å². The first-order chi connectivity index (χ1) is 9.38. The van der Waals surface area contributed by atoms with Crippen molar-refractivity contribution in [2.75, 3.05) is 19.6 Å². The topological polar surface area (TPSA) is 58.4 Å². The first-order valence-electron chi connectivity index (χ1n) is 8.17. The third-order valence-electron chi connectivity index (χ3n) is 5.05. The van der Waals surface area contributed by atoms with E-state index in [0.29, 0.717) is 0 Å². The molecule has 2 aliphatic rings. The molecule has 1 heterocycles. The van der Waals surface area contributed by atoms with Crippen LogP contribution in [0.5, 0.6) is 0 Å². The molecule has 1 amide bonds. The van der Waals surface area contributed by atoms with E-state index in [4.69, 9.17) is 5.73 Å². The third-order valence-corrected chi connectivity index (χ3v) is 5.05. The number of carbonyl (C=O) groups is 1. The van der Waals surface area contributed by atoms with Gasteiger partial charge in [0.2, 0.25) is 5.91 Å². The summed E-state index contributed by atoms with van der Waals surface area (Å²) in [5.41, 5.74) is 5.94. The van der Waals surface area contributed by atoms with Crippen molar-refractivity contribution in [2.24, 2.45) is 17.6 Å². The molecule has 0 radical (unpaired) electrons. The average Bonchev–Trinajstić information content (AvgIpc) is 2.83. The van der Waals surface area contributed by atoms with Crippen LogP contribution in [0.25, 0.3) is 0 Å². The van der Waals surface area contributed by atoms with E-state index in [0.717, 1.165) is 44.8 Å². The van der Waals surface area contributed by atoms with Gasteiger partial charge in [0.05, 0.1) is 0 Å². The number of nitrogens with two attached hydrogens (primary N) is 1. The quantitative estimate of drug-likeness (QED) is 0.816. The van der Waals surface area contributed by atoms with Gasteiger partial charge < -0.3 is 11.1 Å². The highest BCUT2D eigenvalue weighted by Crippen LogP contribution is 2.26. The Labute approximate surface area is 147 Å². The normalized spacial score (nSPS) is 29.4. The number of carbonyl (C=O) groups excluding carboxylic acids is 1. The highest BCUT2D eigenvalue weighted by Gasteiger charge is 2.32. The summed E-state index contributed by atoms with van der Waals surface area (Å²) in [5.74, 6) is 1.11. The van der Waals surface area contributed by atoms with Gasteiger partial charge in [0.1, 0.15) is 0 Å². The van der Waals surface area contributed by atoms with Crippen LogP contribution in [0.1, 0.15) is 52.9 Å². The Morgan fingerprint density at radius 3 is 2.50 bits per heavy atom. The number of piperidine rings is 1. The number of nitrogens with one attached hydrogen (secondary N) is 1. The Morgan fingerprint density at radius 2 is 1.95 bits per heavy atom. The molecule has 3 N–H and O–H groups in total. The van der Waals surface area contributed by atoms with Gasteiger partial charge in [0.15, 0.2) is 0 Å². The minimum atomic E-state index is 0. The van der Waals surface area contributed by atoms with Crippen LogP contribution >= 0.6 is 24.8 Å². The summed E-state index contributed by atoms with van der Waals surface area (Å²) < 4.78 is 0. The lowest BCUT2D eigenvalue weighted by atomic mass is 9.93. The van der Waals surface area contributed by atoms with Gasteiger partial charge in [-0.1, -0.05) is 6.92 Å². The van der Waals surface area contributed by atoms with Crippen molar-refractivity contribution >= 4 is 30.7 Å². The van der Waals surface area contributed by atoms with E-state index in [2.05, 4.69) is 31.0 Å². The Balaban J connectivity index is 0.00000220. The third kappa shape index (κ3) is 5.88. The van der Waals surface area contributed by atoms with Crippen LogP contribution in [-0.4, -0.2) is 42.0 Å². The molecule has 0 aromatic heterocycles. The second kappa shape index (κ2) is 9.31. The minimum absolute atomic E-state index is 0. The van der Waals surface area contributed by atoms with Crippen LogP contribution in [0.4, 0.5) is 0 Å². The maximum atomic E-state index is 12.2. The Bertz CT molecular complexity index is 352. The van der Waals surface area contributed by atoms with Gasteiger partial charge in [-0.25, -0.2) is 0 Å². The molecule has 1 saturated heterocycles. The van der Waals surface area contributed by atoms with Gasteiger partial charge in [0, 0.05) is 30.6 Å². The first-order valence-corrected chi connectivity index (χ1v) is 8.17. The molecule has 4 nitrogen and oxygen atoms in total. The summed E-state index contributed by atoms with van der Waals surface area (Å²) in [5, 5.41) is 3.16. The molecular weight excluding hydrogens is 321 g/mol. The number of likely N-dealkylation sites (tertiary alicyclic amines) is 1. The van der Waals surface area contributed by atoms with Crippen molar-refractivity contribution < 1.29 is 4.79 Å². The second-order valence-corrected chi connectivity index (χ2v) is 7.49. The fraction of sp³-hybridized carbons (Fsp3) is 0.938. The van der Waals surface area contributed by atoms with Crippen LogP contribution in [0.2, 0.25) is 0 Å². The predicted molar refractivity (Wildman–Crippen MR) is 96.9 cm³/mol. The van der Waals surface area contributed by atoms with Crippen molar-refractivity contribution in [1.82, 2.24) is 10.2 Å². The summed E-state index contributed by atoms with van der Waals surface area (Å²) in [7, 11) is 0. The summed E-state index contributed by atoms with van der Waals surface area (Å²) in [6.07, 6.45) is 5.40. The minimum Gasteiger partial charge on any atom is -0.354 e. The summed E-state index contributed by atoms with van der Waals surface area (Å²) in [4.78, 5) is 14.7. The highest BCUT2D eigenvalue weighted by molar-refractivity contribution is 5.85. The number of rotatable bonds is 4. The molecule has 2 fully saturated rings. The Kier molecular flexibility index (Phi) is 9.30. The number of halogens is 2. The van der Waals surface area contributed by atoms with Gasteiger partial charge in [0.25, 0.3) is 0 Å². The molecule has 3 atom stereocenters. The monoisotopic (exact) mass is 353 g/mol. The van der Waals surface area contributed by atoms with Crippen LogP contribution in [-0.2, 0) is 4.79 Å². The summed E-state index contributed by atoms with van der Waals surface area (Å²) in [6, 6.07) is 0.224. The predicted octanol–water partition coefficient (Wildman–Crippen LogP) is 2.58. The molecular formula is C16H33Cl2N3O. The first kappa shape index (κ1) is 22.0. The van der Waals surface area contributed by atoms with Gasteiger partial charge in [-0.2, -0.15) is 0 Å². The van der Waals surface area contributed by atoms with Gasteiger partial charge >= 0.3 is 0 Å². The molecule has 0 aromatic carbocycles. The van der Waals surface area contributed by atoms with E-state index in [1.54, 1.807) is 0 Å². The number of nitrogens with zero attached hydrogens (tertiary/aromatic N) is 1. The fourth-order valence-corrected chi connectivity index (χ4v) is 3.55. The van der Waals surface area contributed by atoms with Gasteiger partial charge in [-0.05, 0) is 58.4 Å². The SMILES string of the molecule is CC1CCCN(C(C)(C)CNC(=O)C2CCC(N)C2)C1.Cl.Cl. The zero-order valence-corrected chi connectivity index (χ0v) is 15.8. The zero-order chi connectivity index (χ0) is 14.8. The van der Waals surface area contributed by atoms with E-state index in [1.807, 2.05) is 0 Å². The molecule has 132 valence electrons. The van der Waals surface area contributed by atoms with Gasteiger partial charge in [-0.15, -0.1) is 24.8 Å². The van der Waals surface area contributed by atoms with Crippen molar-refractivity contribution in [1.29, 1.82) is 0 Å². The molecule has 0 bridgehead atoms. The summed E-state index contributed by atoms with van der Waals surface area (Å²) in [6.45, 7) is 9.85. The van der Waals surface area contributed by atoms with Crippen LogP contribution in [0.15, 0.2) is 0 Å². The maximum Gasteiger partial charge on any atom is 0.223 e. The molecule has 3 unspecified atom stereocenters. The highest BCUT2D eigenvalue weighted by atomic mass is 35.5.